The summed E-state index contributed by atoms with van der Waals surface area (Å²) in [5, 5.41) is 0. The van der Waals surface area contributed by atoms with Gasteiger partial charge in [-0.3, -0.25) is 4.79 Å². The van der Waals surface area contributed by atoms with Gasteiger partial charge in [-0.2, -0.15) is 0 Å². The molecule has 0 amide bonds. The molecule has 0 radical (unpaired) electrons. The molecule has 0 aliphatic carbocycles. The van der Waals surface area contributed by atoms with Gasteiger partial charge in [-0.25, -0.2) is 0 Å². The van der Waals surface area contributed by atoms with Crippen LogP contribution >= 0.6 is 0 Å². The Labute approximate surface area is 63.6 Å². The Morgan fingerprint density at radius 1 is 1.50 bits per heavy atom. The average molecular weight is 160 g/mol. The molecule has 0 aromatic heterocycles. The van der Waals surface area contributed by atoms with Gasteiger partial charge in [0, 0.05) is 0 Å². The maximum atomic E-state index is 9.77. The van der Waals surface area contributed by atoms with Crippen LogP contribution in [0.1, 0.15) is 6.92 Å². The zero-order chi connectivity index (χ0) is 8.04. The highest BCUT2D eigenvalue weighted by Gasteiger charge is 2.16. The lowest BCUT2D eigenvalue weighted by Crippen LogP contribution is -2.25. The van der Waals surface area contributed by atoms with Crippen LogP contribution in [0.2, 0.25) is 25.2 Å². The number of rotatable bonds is 5. The van der Waals surface area contributed by atoms with E-state index in [1.165, 1.54) is 6.04 Å². The van der Waals surface area contributed by atoms with Crippen LogP contribution in [0, 0.1) is 0 Å². The minimum atomic E-state index is -0.998. The van der Waals surface area contributed by atoms with Gasteiger partial charge < -0.3 is 4.74 Å². The summed E-state index contributed by atoms with van der Waals surface area (Å²) in [6.07, 6.45) is 0. The SMILES string of the molecule is CC[Si](C)(C)CCOC=O. The van der Waals surface area contributed by atoms with E-state index in [1.54, 1.807) is 0 Å². The van der Waals surface area contributed by atoms with Crippen molar-refractivity contribution in [2.75, 3.05) is 6.61 Å². The Morgan fingerprint density at radius 2 is 2.10 bits per heavy atom. The van der Waals surface area contributed by atoms with Gasteiger partial charge in [0.15, 0.2) is 0 Å². The maximum Gasteiger partial charge on any atom is 0.293 e. The maximum absolute atomic E-state index is 9.77. The lowest BCUT2D eigenvalue weighted by Gasteiger charge is -2.18. The van der Waals surface area contributed by atoms with Crippen LogP contribution in [0.15, 0.2) is 0 Å². The van der Waals surface area contributed by atoms with Crippen molar-refractivity contribution in [1.29, 1.82) is 0 Å². The molecule has 0 rings (SSSR count). The summed E-state index contributed by atoms with van der Waals surface area (Å²) in [6.45, 7) is 7.95. The summed E-state index contributed by atoms with van der Waals surface area (Å²) >= 11 is 0. The van der Waals surface area contributed by atoms with Crippen molar-refractivity contribution < 1.29 is 9.53 Å². The fourth-order valence-electron chi connectivity index (χ4n) is 0.560. The van der Waals surface area contributed by atoms with Gasteiger partial charge in [0.2, 0.25) is 0 Å². The van der Waals surface area contributed by atoms with Crippen molar-refractivity contribution >= 4 is 14.5 Å². The van der Waals surface area contributed by atoms with Gasteiger partial charge in [0.05, 0.1) is 14.7 Å². The van der Waals surface area contributed by atoms with Gasteiger partial charge >= 0.3 is 0 Å². The first-order chi connectivity index (χ1) is 4.62. The van der Waals surface area contributed by atoms with E-state index >= 15 is 0 Å². The number of hydrogen-bond donors (Lipinski definition) is 0. The Hall–Kier alpha value is -0.313. The first-order valence-electron chi connectivity index (χ1n) is 3.67. The molecule has 0 aliphatic rings. The zero-order valence-electron chi connectivity index (χ0n) is 7.02. The standard InChI is InChI=1S/C7H16O2Si/c1-4-10(2,3)6-5-9-7-8/h7H,4-6H2,1-3H3. The molecule has 0 bridgehead atoms. The summed E-state index contributed by atoms with van der Waals surface area (Å²) in [7, 11) is -0.998. The molecule has 0 unspecified atom stereocenters. The molecule has 0 spiro atoms. The van der Waals surface area contributed by atoms with E-state index in [4.69, 9.17) is 0 Å². The predicted octanol–water partition coefficient (Wildman–Crippen LogP) is 1.89. The van der Waals surface area contributed by atoms with Gasteiger partial charge in [-0.15, -0.1) is 0 Å². The van der Waals surface area contributed by atoms with Crippen molar-refractivity contribution in [3.8, 4) is 0 Å². The third kappa shape index (κ3) is 4.55. The molecule has 0 saturated heterocycles. The Balaban J connectivity index is 3.36. The molecule has 10 heavy (non-hydrogen) atoms. The highest BCUT2D eigenvalue weighted by Crippen LogP contribution is 2.13. The lowest BCUT2D eigenvalue weighted by atomic mass is 10.8. The predicted molar refractivity (Wildman–Crippen MR) is 44.8 cm³/mol. The topological polar surface area (TPSA) is 26.3 Å². The molecule has 3 heteroatoms. The Bertz CT molecular complexity index is 102. The van der Waals surface area contributed by atoms with E-state index < -0.39 is 8.07 Å². The normalized spacial score (nSPS) is 11.1. The van der Waals surface area contributed by atoms with Crippen LogP contribution in [0.5, 0.6) is 0 Å². The second kappa shape index (κ2) is 4.49. The zero-order valence-corrected chi connectivity index (χ0v) is 8.02. The monoisotopic (exact) mass is 160 g/mol. The van der Waals surface area contributed by atoms with Gasteiger partial charge in [-0.05, 0) is 6.04 Å². The van der Waals surface area contributed by atoms with Crippen LogP contribution in [0.25, 0.3) is 0 Å². The number of carbonyl (C=O) groups is 1. The molecule has 0 aromatic carbocycles. The van der Waals surface area contributed by atoms with E-state index in [0.717, 1.165) is 6.04 Å². The molecule has 0 atom stereocenters. The highest BCUT2D eigenvalue weighted by atomic mass is 28.3. The van der Waals surface area contributed by atoms with Gasteiger partial charge in [-0.1, -0.05) is 26.1 Å². The smallest absolute Gasteiger partial charge is 0.293 e. The van der Waals surface area contributed by atoms with E-state index in [1.807, 2.05) is 0 Å². The molecule has 0 aliphatic heterocycles. The molecule has 0 fully saturated rings. The molecule has 0 aromatic rings. The van der Waals surface area contributed by atoms with Crippen LogP contribution in [-0.4, -0.2) is 21.2 Å². The molecule has 0 saturated carbocycles. The molecule has 0 N–H and O–H groups in total. The quantitative estimate of drug-likeness (QED) is 0.349. The molecule has 0 heterocycles. The Kier molecular flexibility index (Phi) is 4.35. The number of ether oxygens (including phenoxy) is 1. The van der Waals surface area contributed by atoms with E-state index in [2.05, 4.69) is 24.8 Å². The number of carbonyl (C=O) groups excluding carboxylic acids is 1. The molecule has 2 nitrogen and oxygen atoms in total. The lowest BCUT2D eigenvalue weighted by molar-refractivity contribution is -0.128. The fourth-order valence-corrected chi connectivity index (χ4v) is 1.58. The summed E-state index contributed by atoms with van der Waals surface area (Å²) in [5.41, 5.74) is 0. The van der Waals surface area contributed by atoms with E-state index in [-0.39, 0.29) is 0 Å². The summed E-state index contributed by atoms with van der Waals surface area (Å²) in [6, 6.07) is 2.34. The third-order valence-corrected chi connectivity index (χ3v) is 5.39. The van der Waals surface area contributed by atoms with Crippen molar-refractivity contribution in [1.82, 2.24) is 0 Å². The largest absolute Gasteiger partial charge is 0.468 e. The van der Waals surface area contributed by atoms with Gasteiger partial charge in [0.1, 0.15) is 0 Å². The van der Waals surface area contributed by atoms with Crippen LogP contribution in [0.3, 0.4) is 0 Å². The minimum Gasteiger partial charge on any atom is -0.468 e. The second-order valence-corrected chi connectivity index (χ2v) is 8.77. The van der Waals surface area contributed by atoms with Crippen molar-refractivity contribution in [2.45, 2.75) is 32.1 Å². The molecular weight excluding hydrogens is 144 g/mol. The molecule has 60 valence electrons. The van der Waals surface area contributed by atoms with E-state index in [9.17, 15) is 4.79 Å². The summed E-state index contributed by atoms with van der Waals surface area (Å²) < 4.78 is 4.63. The average Bonchev–Trinajstić information content (AvgIpc) is 1.89. The fraction of sp³-hybridized carbons (Fsp3) is 0.857. The van der Waals surface area contributed by atoms with Crippen molar-refractivity contribution in [3.63, 3.8) is 0 Å². The van der Waals surface area contributed by atoms with Crippen LogP contribution in [-0.2, 0) is 9.53 Å². The van der Waals surface area contributed by atoms with Gasteiger partial charge in [0.25, 0.3) is 6.47 Å². The number of hydrogen-bond acceptors (Lipinski definition) is 2. The Morgan fingerprint density at radius 3 is 2.50 bits per heavy atom. The highest BCUT2D eigenvalue weighted by molar-refractivity contribution is 6.77. The minimum absolute atomic E-state index is 0.528. The van der Waals surface area contributed by atoms with Crippen molar-refractivity contribution in [2.24, 2.45) is 0 Å². The first-order valence-corrected chi connectivity index (χ1v) is 7.09. The first kappa shape index (κ1) is 9.69. The summed E-state index contributed by atoms with van der Waals surface area (Å²) in [4.78, 5) is 9.77. The van der Waals surface area contributed by atoms with Crippen LogP contribution in [0.4, 0.5) is 0 Å². The second-order valence-electron chi connectivity index (χ2n) is 3.23. The van der Waals surface area contributed by atoms with Crippen LogP contribution < -0.4 is 0 Å². The van der Waals surface area contributed by atoms with Crippen molar-refractivity contribution in [3.05, 3.63) is 0 Å². The van der Waals surface area contributed by atoms with E-state index in [0.29, 0.717) is 13.1 Å². The third-order valence-electron chi connectivity index (χ3n) is 1.92. The molecular formula is C7H16O2Si. The summed E-state index contributed by atoms with van der Waals surface area (Å²) in [5.74, 6) is 0.